The first kappa shape index (κ1) is 16.0. The highest BCUT2D eigenvalue weighted by Gasteiger charge is 2.30. The average molecular weight is 358 g/mol. The van der Waals surface area contributed by atoms with Gasteiger partial charge in [0.2, 0.25) is 0 Å². The second-order valence-corrected chi connectivity index (χ2v) is 4.96. The topological polar surface area (TPSA) is 34.1 Å². The number of ether oxygens (including phenoxy) is 1. The molecule has 0 bridgehead atoms. The van der Waals surface area contributed by atoms with Crippen LogP contribution in [-0.4, -0.2) is 11.3 Å². The molecule has 0 aliphatic rings. The average Bonchev–Trinajstić information content (AvgIpc) is 2.36. The van der Waals surface area contributed by atoms with E-state index in [9.17, 15) is 13.2 Å². The summed E-state index contributed by atoms with van der Waals surface area (Å²) in [6.45, 7) is 0. The Morgan fingerprint density at radius 3 is 2.19 bits per heavy atom. The van der Waals surface area contributed by atoms with Crippen LogP contribution in [0.1, 0.15) is 0 Å². The number of nitrogens with one attached hydrogen (secondary N) is 1. The summed E-state index contributed by atoms with van der Waals surface area (Å²) in [4.78, 5) is 3.93. The third-order valence-corrected chi connectivity index (χ3v) is 3.20. The van der Waals surface area contributed by atoms with Crippen LogP contribution in [0.3, 0.4) is 0 Å². The minimum Gasteiger partial charge on any atom is -0.406 e. The zero-order valence-electron chi connectivity index (χ0n) is 10.0. The Balaban J connectivity index is 2.16. The molecule has 21 heavy (non-hydrogen) atoms. The maximum Gasteiger partial charge on any atom is 0.573 e. The maximum absolute atomic E-state index is 12.0. The molecule has 1 heterocycles. The van der Waals surface area contributed by atoms with E-state index in [0.29, 0.717) is 5.69 Å². The summed E-state index contributed by atoms with van der Waals surface area (Å²) in [6, 6.07) is 6.47. The van der Waals surface area contributed by atoms with Gasteiger partial charge in [-0.15, -0.1) is 13.2 Å². The van der Waals surface area contributed by atoms with Crippen molar-refractivity contribution in [2.24, 2.45) is 0 Å². The number of halogens is 6. The molecule has 0 fully saturated rings. The van der Waals surface area contributed by atoms with E-state index in [1.807, 2.05) is 0 Å². The fourth-order valence-electron chi connectivity index (χ4n) is 1.41. The highest BCUT2D eigenvalue weighted by Crippen LogP contribution is 2.31. The predicted octanol–water partition coefficient (Wildman–Crippen LogP) is 5.68. The number of hydrogen-bond donors (Lipinski definition) is 1. The van der Waals surface area contributed by atoms with Crippen molar-refractivity contribution in [3.63, 3.8) is 0 Å². The molecule has 1 aromatic heterocycles. The minimum atomic E-state index is -4.73. The van der Waals surface area contributed by atoms with E-state index in [0.717, 1.165) is 12.1 Å². The molecular formula is C12H6Cl3F3N2O. The zero-order valence-corrected chi connectivity index (χ0v) is 12.3. The number of rotatable bonds is 3. The molecular weight excluding hydrogens is 351 g/mol. The van der Waals surface area contributed by atoms with Gasteiger partial charge >= 0.3 is 6.36 Å². The van der Waals surface area contributed by atoms with Gasteiger partial charge in [0.1, 0.15) is 10.9 Å². The first-order chi connectivity index (χ1) is 9.74. The molecule has 0 atom stereocenters. The van der Waals surface area contributed by atoms with Crippen molar-refractivity contribution >= 4 is 46.3 Å². The maximum atomic E-state index is 12.0. The number of alkyl halides is 3. The molecule has 9 heteroatoms. The van der Waals surface area contributed by atoms with Crippen LogP contribution in [-0.2, 0) is 0 Å². The summed E-state index contributed by atoms with van der Waals surface area (Å²) in [5.74, 6) is -0.100. The third kappa shape index (κ3) is 4.56. The molecule has 2 rings (SSSR count). The molecule has 0 aliphatic carbocycles. The van der Waals surface area contributed by atoms with Crippen molar-refractivity contribution in [3.8, 4) is 5.75 Å². The van der Waals surface area contributed by atoms with Crippen molar-refractivity contribution in [2.45, 2.75) is 6.36 Å². The van der Waals surface area contributed by atoms with Gasteiger partial charge in [-0.1, -0.05) is 34.8 Å². The minimum absolute atomic E-state index is 0.0561. The van der Waals surface area contributed by atoms with E-state index in [-0.39, 0.29) is 26.8 Å². The largest absolute Gasteiger partial charge is 0.573 e. The molecule has 0 amide bonds. The highest BCUT2D eigenvalue weighted by molar-refractivity contribution is 6.43. The van der Waals surface area contributed by atoms with Crippen molar-refractivity contribution in [2.75, 3.05) is 5.32 Å². The molecule has 0 radical (unpaired) electrons. The summed E-state index contributed by atoms with van der Waals surface area (Å²) < 4.78 is 39.9. The summed E-state index contributed by atoms with van der Waals surface area (Å²) in [5, 5.41) is 3.28. The quantitative estimate of drug-likeness (QED) is 0.717. The molecule has 2 aromatic rings. The highest BCUT2D eigenvalue weighted by atomic mass is 35.5. The molecule has 0 saturated heterocycles. The van der Waals surface area contributed by atoms with Crippen LogP contribution < -0.4 is 10.1 Å². The standard InChI is InChI=1S/C12H6Cl3F3N2O/c13-8-5-9(14)11(20-10(8)15)19-6-1-3-7(4-2-6)21-12(16,17)18/h1-5H,(H,19,20). The van der Waals surface area contributed by atoms with Crippen molar-refractivity contribution in [1.82, 2.24) is 4.98 Å². The van der Waals surface area contributed by atoms with E-state index in [1.165, 1.54) is 18.2 Å². The van der Waals surface area contributed by atoms with Gasteiger partial charge < -0.3 is 10.1 Å². The molecule has 3 nitrogen and oxygen atoms in total. The van der Waals surface area contributed by atoms with E-state index in [2.05, 4.69) is 15.0 Å². The van der Waals surface area contributed by atoms with Crippen LogP contribution in [0.2, 0.25) is 15.2 Å². The van der Waals surface area contributed by atoms with E-state index in [1.54, 1.807) is 0 Å². The Labute approximate surface area is 132 Å². The third-order valence-electron chi connectivity index (χ3n) is 2.24. The van der Waals surface area contributed by atoms with Crippen molar-refractivity contribution in [3.05, 3.63) is 45.5 Å². The van der Waals surface area contributed by atoms with Crippen LogP contribution in [0.25, 0.3) is 0 Å². The van der Waals surface area contributed by atoms with Gasteiger partial charge in [0.25, 0.3) is 0 Å². The van der Waals surface area contributed by atoms with Crippen LogP contribution in [0, 0.1) is 0 Å². The van der Waals surface area contributed by atoms with Crippen molar-refractivity contribution in [1.29, 1.82) is 0 Å². The second-order valence-electron chi connectivity index (χ2n) is 3.79. The first-order valence-corrected chi connectivity index (χ1v) is 6.52. The lowest BCUT2D eigenvalue weighted by Crippen LogP contribution is -2.16. The number of nitrogens with zero attached hydrogens (tertiary/aromatic N) is 1. The Hall–Kier alpha value is -1.37. The first-order valence-electron chi connectivity index (χ1n) is 5.39. The fourth-order valence-corrected chi connectivity index (χ4v) is 1.95. The smallest absolute Gasteiger partial charge is 0.406 e. The van der Waals surface area contributed by atoms with Crippen molar-refractivity contribution < 1.29 is 17.9 Å². The Kier molecular flexibility index (Phi) is 4.70. The van der Waals surface area contributed by atoms with Gasteiger partial charge in [-0.25, -0.2) is 4.98 Å². The number of pyridine rings is 1. The molecule has 0 aliphatic heterocycles. The number of anilines is 2. The molecule has 0 unspecified atom stereocenters. The molecule has 112 valence electrons. The van der Waals surface area contributed by atoms with Gasteiger partial charge in [0.05, 0.1) is 10.0 Å². The fraction of sp³-hybridized carbons (Fsp3) is 0.0833. The van der Waals surface area contributed by atoms with Crippen LogP contribution in [0.15, 0.2) is 30.3 Å². The summed E-state index contributed by atoms with van der Waals surface area (Å²) in [5.41, 5.74) is 0.456. The van der Waals surface area contributed by atoms with Gasteiger partial charge in [-0.05, 0) is 30.3 Å². The van der Waals surface area contributed by atoms with E-state index in [4.69, 9.17) is 34.8 Å². The van der Waals surface area contributed by atoms with E-state index < -0.39 is 6.36 Å². The van der Waals surface area contributed by atoms with Gasteiger partial charge in [-0.3, -0.25) is 0 Å². The molecule has 1 aromatic carbocycles. The predicted molar refractivity (Wildman–Crippen MR) is 75.7 cm³/mol. The summed E-state index contributed by atoms with van der Waals surface area (Å²) in [6.07, 6.45) is -4.73. The molecule has 0 saturated carbocycles. The lowest BCUT2D eigenvalue weighted by molar-refractivity contribution is -0.274. The van der Waals surface area contributed by atoms with Crippen LogP contribution in [0.5, 0.6) is 5.75 Å². The lowest BCUT2D eigenvalue weighted by atomic mass is 10.3. The monoisotopic (exact) mass is 356 g/mol. The normalized spacial score (nSPS) is 11.3. The molecule has 1 N–H and O–H groups in total. The number of aromatic nitrogens is 1. The van der Waals surface area contributed by atoms with Gasteiger partial charge in [0.15, 0.2) is 5.82 Å². The Bertz CT molecular complexity index is 647. The van der Waals surface area contributed by atoms with E-state index >= 15 is 0 Å². The molecule has 0 spiro atoms. The van der Waals surface area contributed by atoms with Gasteiger partial charge in [0, 0.05) is 5.69 Å². The Morgan fingerprint density at radius 1 is 1.00 bits per heavy atom. The van der Waals surface area contributed by atoms with Crippen LogP contribution >= 0.6 is 34.8 Å². The summed E-state index contributed by atoms with van der Waals surface area (Å²) in [7, 11) is 0. The number of benzene rings is 1. The van der Waals surface area contributed by atoms with Gasteiger partial charge in [-0.2, -0.15) is 0 Å². The Morgan fingerprint density at radius 2 is 1.62 bits per heavy atom. The summed E-state index contributed by atoms with van der Waals surface area (Å²) >= 11 is 17.4. The lowest BCUT2D eigenvalue weighted by Gasteiger charge is -2.11. The zero-order chi connectivity index (χ0) is 15.6. The second kappa shape index (κ2) is 6.17. The van der Waals surface area contributed by atoms with Crippen LogP contribution in [0.4, 0.5) is 24.7 Å². The SMILES string of the molecule is FC(F)(F)Oc1ccc(Nc2nc(Cl)c(Cl)cc2Cl)cc1. The number of hydrogen-bond acceptors (Lipinski definition) is 3.